The van der Waals surface area contributed by atoms with Gasteiger partial charge in [0, 0.05) is 18.7 Å². The largest absolute Gasteiger partial charge is 0.366 e. The quantitative estimate of drug-likeness (QED) is 0.806. The first kappa shape index (κ1) is 17.7. The molecule has 2 heterocycles. The number of nitrogens with one attached hydrogen (secondary N) is 2. The van der Waals surface area contributed by atoms with Crippen LogP contribution < -0.4 is 10.6 Å². The van der Waals surface area contributed by atoms with E-state index in [1.54, 1.807) is 13.0 Å². The first-order chi connectivity index (χ1) is 10.7. The number of rotatable bonds is 6. The van der Waals surface area contributed by atoms with Gasteiger partial charge in [0.25, 0.3) is 5.91 Å². The van der Waals surface area contributed by atoms with E-state index in [4.69, 9.17) is 0 Å². The van der Waals surface area contributed by atoms with Crippen molar-refractivity contribution in [3.05, 3.63) is 17.6 Å². The van der Waals surface area contributed by atoms with E-state index in [0.29, 0.717) is 36.2 Å². The van der Waals surface area contributed by atoms with Crippen molar-refractivity contribution in [2.75, 3.05) is 23.4 Å². The lowest BCUT2D eigenvalue weighted by molar-refractivity contribution is 0.0946. The molecule has 1 aliphatic rings. The summed E-state index contributed by atoms with van der Waals surface area (Å²) in [6.07, 6.45) is 1.46. The Balaban J connectivity index is 2.02. The number of anilines is 1. The number of hydrogen-bond donors (Lipinski definition) is 2. The SMILES string of the molecule is Cc1nc(NC2CCS(=O)(=O)C2)cc(C(=O)NCCC(C)C)n1. The number of amides is 1. The molecule has 1 aromatic heterocycles. The first-order valence-electron chi connectivity index (χ1n) is 7.86. The molecular formula is C15H24N4O3S. The van der Waals surface area contributed by atoms with Crippen molar-refractivity contribution in [3.63, 3.8) is 0 Å². The number of carbonyl (C=O) groups excluding carboxylic acids is 1. The third-order valence-electron chi connectivity index (χ3n) is 3.66. The zero-order valence-corrected chi connectivity index (χ0v) is 14.6. The maximum absolute atomic E-state index is 12.1. The fraction of sp³-hybridized carbons (Fsp3) is 0.667. The molecule has 0 spiro atoms. The van der Waals surface area contributed by atoms with Gasteiger partial charge in [-0.25, -0.2) is 18.4 Å². The summed E-state index contributed by atoms with van der Waals surface area (Å²) in [5.41, 5.74) is 0.296. The number of aryl methyl sites for hydroxylation is 1. The molecule has 0 aliphatic carbocycles. The van der Waals surface area contributed by atoms with E-state index in [2.05, 4.69) is 34.4 Å². The van der Waals surface area contributed by atoms with Gasteiger partial charge in [-0.1, -0.05) is 13.8 Å². The molecule has 7 nitrogen and oxygen atoms in total. The predicted molar refractivity (Wildman–Crippen MR) is 89.2 cm³/mol. The molecule has 1 unspecified atom stereocenters. The van der Waals surface area contributed by atoms with Crippen molar-refractivity contribution in [1.82, 2.24) is 15.3 Å². The Kier molecular flexibility index (Phi) is 5.56. The topological polar surface area (TPSA) is 101 Å². The van der Waals surface area contributed by atoms with Crippen LogP contribution in [0.5, 0.6) is 0 Å². The first-order valence-corrected chi connectivity index (χ1v) is 9.68. The molecule has 1 atom stereocenters. The Hall–Kier alpha value is -1.70. The third-order valence-corrected chi connectivity index (χ3v) is 5.43. The van der Waals surface area contributed by atoms with Crippen LogP contribution >= 0.6 is 0 Å². The Morgan fingerprint density at radius 1 is 1.39 bits per heavy atom. The molecule has 1 amide bonds. The lowest BCUT2D eigenvalue weighted by atomic mass is 10.1. The fourth-order valence-corrected chi connectivity index (χ4v) is 4.11. The lowest BCUT2D eigenvalue weighted by Crippen LogP contribution is -2.27. The van der Waals surface area contributed by atoms with E-state index in [-0.39, 0.29) is 23.5 Å². The van der Waals surface area contributed by atoms with Gasteiger partial charge in [-0.3, -0.25) is 4.79 Å². The Bertz CT molecular complexity index is 673. The standard InChI is InChI=1S/C15H24N4O3S/c1-10(2)4-6-16-15(20)13-8-14(18-11(3)17-13)19-12-5-7-23(21,22)9-12/h8,10,12H,4-7,9H2,1-3H3,(H,16,20)(H,17,18,19). The van der Waals surface area contributed by atoms with Gasteiger partial charge in [-0.2, -0.15) is 0 Å². The minimum atomic E-state index is -2.96. The molecule has 8 heteroatoms. The van der Waals surface area contributed by atoms with Gasteiger partial charge in [0.2, 0.25) is 0 Å². The van der Waals surface area contributed by atoms with Crippen LogP contribution in [0.1, 0.15) is 43.0 Å². The van der Waals surface area contributed by atoms with Crippen LogP contribution in [0, 0.1) is 12.8 Å². The second-order valence-corrected chi connectivity index (χ2v) is 8.60. The highest BCUT2D eigenvalue weighted by atomic mass is 32.2. The summed E-state index contributed by atoms with van der Waals surface area (Å²) in [5.74, 6) is 1.55. The third kappa shape index (κ3) is 5.46. The van der Waals surface area contributed by atoms with E-state index in [1.165, 1.54) is 0 Å². The average Bonchev–Trinajstić information content (AvgIpc) is 2.76. The van der Waals surface area contributed by atoms with Crippen LogP contribution in [0.25, 0.3) is 0 Å². The summed E-state index contributed by atoms with van der Waals surface area (Å²) in [6, 6.07) is 1.41. The number of sulfone groups is 1. The fourth-order valence-electron chi connectivity index (χ4n) is 2.44. The van der Waals surface area contributed by atoms with E-state index in [0.717, 1.165) is 6.42 Å². The van der Waals surface area contributed by atoms with Gasteiger partial charge < -0.3 is 10.6 Å². The van der Waals surface area contributed by atoms with Gasteiger partial charge in [0.15, 0.2) is 9.84 Å². The van der Waals surface area contributed by atoms with Crippen molar-refractivity contribution < 1.29 is 13.2 Å². The van der Waals surface area contributed by atoms with Crippen LogP contribution in [0.3, 0.4) is 0 Å². The molecule has 0 radical (unpaired) electrons. The molecule has 0 aromatic carbocycles. The summed E-state index contributed by atoms with van der Waals surface area (Å²) >= 11 is 0. The van der Waals surface area contributed by atoms with Gasteiger partial charge in [-0.15, -0.1) is 0 Å². The van der Waals surface area contributed by atoms with Crippen molar-refractivity contribution in [2.24, 2.45) is 5.92 Å². The smallest absolute Gasteiger partial charge is 0.270 e. The summed E-state index contributed by atoms with van der Waals surface area (Å²) in [6.45, 7) is 6.50. The number of nitrogens with zero attached hydrogens (tertiary/aromatic N) is 2. The molecule has 23 heavy (non-hydrogen) atoms. The molecule has 1 fully saturated rings. The zero-order chi connectivity index (χ0) is 17.0. The van der Waals surface area contributed by atoms with E-state index >= 15 is 0 Å². The number of carbonyl (C=O) groups is 1. The van der Waals surface area contributed by atoms with Gasteiger partial charge in [0.1, 0.15) is 17.3 Å². The number of hydrogen-bond acceptors (Lipinski definition) is 6. The van der Waals surface area contributed by atoms with Crippen molar-refractivity contribution in [3.8, 4) is 0 Å². The van der Waals surface area contributed by atoms with E-state index in [9.17, 15) is 13.2 Å². The molecule has 128 valence electrons. The maximum Gasteiger partial charge on any atom is 0.270 e. The lowest BCUT2D eigenvalue weighted by Gasteiger charge is -2.13. The molecule has 0 saturated carbocycles. The summed E-state index contributed by atoms with van der Waals surface area (Å²) < 4.78 is 23.0. The van der Waals surface area contributed by atoms with Gasteiger partial charge in [0.05, 0.1) is 11.5 Å². The minimum Gasteiger partial charge on any atom is -0.366 e. The predicted octanol–water partition coefficient (Wildman–Crippen LogP) is 1.16. The normalized spacial score (nSPS) is 19.7. The van der Waals surface area contributed by atoms with Crippen LogP contribution in [-0.4, -0.2) is 48.4 Å². The van der Waals surface area contributed by atoms with E-state index < -0.39 is 9.84 Å². The Labute approximate surface area is 137 Å². The van der Waals surface area contributed by atoms with Crippen molar-refractivity contribution >= 4 is 21.6 Å². The Morgan fingerprint density at radius 3 is 2.74 bits per heavy atom. The van der Waals surface area contributed by atoms with Gasteiger partial charge >= 0.3 is 0 Å². The highest BCUT2D eigenvalue weighted by Gasteiger charge is 2.28. The maximum atomic E-state index is 12.1. The van der Waals surface area contributed by atoms with Crippen LogP contribution in [-0.2, 0) is 9.84 Å². The van der Waals surface area contributed by atoms with Crippen LogP contribution in [0.15, 0.2) is 6.07 Å². The number of aromatic nitrogens is 2. The molecule has 1 saturated heterocycles. The summed E-state index contributed by atoms with van der Waals surface area (Å²) in [4.78, 5) is 20.5. The Morgan fingerprint density at radius 2 is 2.13 bits per heavy atom. The van der Waals surface area contributed by atoms with Crippen molar-refractivity contribution in [2.45, 2.75) is 39.7 Å². The van der Waals surface area contributed by atoms with Crippen LogP contribution in [0.4, 0.5) is 5.82 Å². The minimum absolute atomic E-state index is 0.103. The van der Waals surface area contributed by atoms with Crippen LogP contribution in [0.2, 0.25) is 0 Å². The monoisotopic (exact) mass is 340 g/mol. The highest BCUT2D eigenvalue weighted by molar-refractivity contribution is 7.91. The van der Waals surface area contributed by atoms with E-state index in [1.807, 2.05) is 0 Å². The summed E-state index contributed by atoms with van der Waals surface area (Å²) in [7, 11) is -2.96. The average molecular weight is 340 g/mol. The second kappa shape index (κ2) is 7.25. The zero-order valence-electron chi connectivity index (χ0n) is 13.8. The molecule has 1 aliphatic heterocycles. The summed E-state index contributed by atoms with van der Waals surface area (Å²) in [5, 5.41) is 5.94. The molecule has 2 rings (SSSR count). The molecule has 2 N–H and O–H groups in total. The molecule has 0 bridgehead atoms. The van der Waals surface area contributed by atoms with Crippen molar-refractivity contribution in [1.29, 1.82) is 0 Å². The molecule has 1 aromatic rings. The second-order valence-electron chi connectivity index (χ2n) is 6.37. The highest BCUT2D eigenvalue weighted by Crippen LogP contribution is 2.17. The van der Waals surface area contributed by atoms with Gasteiger partial charge in [-0.05, 0) is 25.7 Å². The molecular weight excluding hydrogens is 316 g/mol.